The number of nitrogens with one attached hydrogen (secondary N) is 1. The summed E-state index contributed by atoms with van der Waals surface area (Å²) in [4.78, 5) is 24.3. The summed E-state index contributed by atoms with van der Waals surface area (Å²) in [6.45, 7) is 0. The number of nitrogens with zero attached hydrogens (tertiary/aromatic N) is 5. The number of hydrogen-bond donors (Lipinski definition) is 1. The minimum Gasteiger partial charge on any atom is -0.310 e. The SMILES string of the molecule is O=C(Nc1cc2c(-c3nc4ccc(Cl)cn4n3)cnc(C(F)F)c2cn1)[C@@H]1C[C@@H]1F. The lowest BCUT2D eigenvalue weighted by Gasteiger charge is -2.10. The zero-order valence-electron chi connectivity index (χ0n) is 15.1. The maximum Gasteiger partial charge on any atom is 0.281 e. The van der Waals surface area contributed by atoms with E-state index in [0.717, 1.165) is 0 Å². The van der Waals surface area contributed by atoms with Gasteiger partial charge in [-0.3, -0.25) is 9.78 Å². The number of pyridine rings is 3. The smallest absolute Gasteiger partial charge is 0.281 e. The highest BCUT2D eigenvalue weighted by Gasteiger charge is 2.43. The molecule has 5 rings (SSSR count). The van der Waals surface area contributed by atoms with E-state index in [0.29, 0.717) is 21.6 Å². The number of anilines is 1. The lowest BCUT2D eigenvalue weighted by Crippen LogP contribution is -2.16. The highest BCUT2D eigenvalue weighted by molar-refractivity contribution is 6.30. The molecule has 1 saturated carbocycles. The van der Waals surface area contributed by atoms with Crippen LogP contribution in [0.25, 0.3) is 27.8 Å². The number of rotatable bonds is 4. The number of alkyl halides is 3. The molecular weight excluding hydrogens is 421 g/mol. The third-order valence-electron chi connectivity index (χ3n) is 4.85. The van der Waals surface area contributed by atoms with Crippen LogP contribution in [-0.2, 0) is 4.79 Å². The van der Waals surface area contributed by atoms with Gasteiger partial charge in [0.05, 0.1) is 10.9 Å². The van der Waals surface area contributed by atoms with Crippen molar-refractivity contribution in [2.75, 3.05) is 5.32 Å². The van der Waals surface area contributed by atoms with Crippen molar-refractivity contribution in [3.63, 3.8) is 0 Å². The van der Waals surface area contributed by atoms with E-state index in [9.17, 15) is 18.0 Å². The van der Waals surface area contributed by atoms with E-state index in [1.807, 2.05) is 0 Å². The largest absolute Gasteiger partial charge is 0.310 e. The molecule has 152 valence electrons. The van der Waals surface area contributed by atoms with Crippen molar-refractivity contribution in [3.8, 4) is 11.4 Å². The van der Waals surface area contributed by atoms with Crippen LogP contribution in [0.2, 0.25) is 5.02 Å². The molecule has 7 nitrogen and oxygen atoms in total. The van der Waals surface area contributed by atoms with Crippen LogP contribution in [0.5, 0.6) is 0 Å². The summed E-state index contributed by atoms with van der Waals surface area (Å²) in [6, 6.07) is 4.75. The van der Waals surface area contributed by atoms with Crippen LogP contribution in [0, 0.1) is 5.92 Å². The van der Waals surface area contributed by atoms with Gasteiger partial charge < -0.3 is 5.32 Å². The summed E-state index contributed by atoms with van der Waals surface area (Å²) in [5.74, 6) is -0.850. The Labute approximate surface area is 171 Å². The molecule has 0 unspecified atom stereocenters. The maximum absolute atomic E-state index is 13.5. The van der Waals surface area contributed by atoms with Gasteiger partial charge in [0, 0.05) is 34.9 Å². The molecule has 2 atom stereocenters. The van der Waals surface area contributed by atoms with Crippen molar-refractivity contribution in [2.45, 2.75) is 19.0 Å². The van der Waals surface area contributed by atoms with E-state index in [-0.39, 0.29) is 23.4 Å². The van der Waals surface area contributed by atoms with Crippen LogP contribution in [0.1, 0.15) is 18.5 Å². The van der Waals surface area contributed by atoms with Gasteiger partial charge in [-0.1, -0.05) is 11.6 Å². The second kappa shape index (κ2) is 6.91. The standard InChI is InChI=1S/C19H12ClF3N6O/c20-8-1-2-15-27-18(28-29(15)7-8)12-6-25-16(17(22)23)11-5-24-14(4-9(11)12)26-19(30)10-3-13(10)21/h1-2,4-7,10,13,17H,3H2,(H,24,26,30)/t10-,13+/m1/s1. The van der Waals surface area contributed by atoms with Gasteiger partial charge in [0.25, 0.3) is 6.43 Å². The van der Waals surface area contributed by atoms with Crippen LogP contribution < -0.4 is 5.32 Å². The molecule has 0 aliphatic heterocycles. The molecule has 1 aliphatic carbocycles. The van der Waals surface area contributed by atoms with Gasteiger partial charge in [0.15, 0.2) is 11.5 Å². The Morgan fingerprint density at radius 2 is 2.03 bits per heavy atom. The fraction of sp³-hybridized carbons (Fsp3) is 0.211. The number of carbonyl (C=O) groups is 1. The Hall–Kier alpha value is -3.27. The van der Waals surface area contributed by atoms with Crippen LogP contribution in [0.3, 0.4) is 0 Å². The number of aromatic nitrogens is 5. The fourth-order valence-corrected chi connectivity index (χ4v) is 3.36. The number of hydrogen-bond acceptors (Lipinski definition) is 5. The highest BCUT2D eigenvalue weighted by atomic mass is 35.5. The molecule has 1 N–H and O–H groups in total. The van der Waals surface area contributed by atoms with E-state index in [2.05, 4.69) is 25.4 Å². The van der Waals surface area contributed by atoms with Gasteiger partial charge in [-0.2, -0.15) is 0 Å². The van der Waals surface area contributed by atoms with E-state index < -0.39 is 30.1 Å². The number of carbonyl (C=O) groups excluding carboxylic acids is 1. The average molecular weight is 433 g/mol. The molecule has 4 aromatic rings. The summed E-state index contributed by atoms with van der Waals surface area (Å²) < 4.78 is 41.5. The van der Waals surface area contributed by atoms with Gasteiger partial charge >= 0.3 is 0 Å². The van der Waals surface area contributed by atoms with Gasteiger partial charge in [-0.15, -0.1) is 5.10 Å². The molecule has 0 aromatic carbocycles. The third kappa shape index (κ3) is 3.22. The van der Waals surface area contributed by atoms with Crippen molar-refractivity contribution in [2.24, 2.45) is 5.92 Å². The first-order chi connectivity index (χ1) is 14.4. The summed E-state index contributed by atoms with van der Waals surface area (Å²) in [5, 5.41) is 7.76. The molecule has 30 heavy (non-hydrogen) atoms. The third-order valence-corrected chi connectivity index (χ3v) is 5.07. The molecule has 4 heterocycles. The van der Waals surface area contributed by atoms with Crippen molar-refractivity contribution < 1.29 is 18.0 Å². The van der Waals surface area contributed by atoms with Crippen LogP contribution in [0.15, 0.2) is 36.8 Å². The van der Waals surface area contributed by atoms with Crippen LogP contribution >= 0.6 is 11.6 Å². The van der Waals surface area contributed by atoms with Gasteiger partial charge in [0.1, 0.15) is 17.7 Å². The number of halogens is 4. The predicted molar refractivity (Wildman–Crippen MR) is 103 cm³/mol. The normalized spacial score (nSPS) is 18.3. The van der Waals surface area contributed by atoms with E-state index in [1.165, 1.54) is 23.0 Å². The van der Waals surface area contributed by atoms with Gasteiger partial charge in [0.2, 0.25) is 5.91 Å². The minimum atomic E-state index is -2.82. The van der Waals surface area contributed by atoms with E-state index in [1.54, 1.807) is 18.3 Å². The zero-order chi connectivity index (χ0) is 21.0. The van der Waals surface area contributed by atoms with E-state index in [4.69, 9.17) is 11.6 Å². The topological polar surface area (TPSA) is 85.1 Å². The second-order valence-corrected chi connectivity index (χ2v) is 7.34. The fourth-order valence-electron chi connectivity index (χ4n) is 3.20. The molecule has 1 aliphatic rings. The summed E-state index contributed by atoms with van der Waals surface area (Å²) in [6.07, 6.45) is 0.199. The molecule has 0 radical (unpaired) electrons. The van der Waals surface area contributed by atoms with Gasteiger partial charge in [-0.25, -0.2) is 27.7 Å². The molecule has 0 spiro atoms. The van der Waals surface area contributed by atoms with E-state index >= 15 is 0 Å². The summed E-state index contributed by atoms with van der Waals surface area (Å²) >= 11 is 5.98. The van der Waals surface area contributed by atoms with Crippen LogP contribution in [0.4, 0.5) is 19.0 Å². The van der Waals surface area contributed by atoms with Crippen molar-refractivity contribution in [1.29, 1.82) is 0 Å². The monoisotopic (exact) mass is 432 g/mol. The molecule has 0 saturated heterocycles. The Morgan fingerprint density at radius 1 is 1.23 bits per heavy atom. The Balaban J connectivity index is 1.64. The Morgan fingerprint density at radius 3 is 2.77 bits per heavy atom. The lowest BCUT2D eigenvalue weighted by atomic mass is 10.1. The lowest BCUT2D eigenvalue weighted by molar-refractivity contribution is -0.117. The summed E-state index contributed by atoms with van der Waals surface area (Å²) in [7, 11) is 0. The highest BCUT2D eigenvalue weighted by Crippen LogP contribution is 2.36. The first-order valence-electron chi connectivity index (χ1n) is 8.95. The quantitative estimate of drug-likeness (QED) is 0.521. The zero-order valence-corrected chi connectivity index (χ0v) is 15.8. The maximum atomic E-state index is 13.5. The summed E-state index contributed by atoms with van der Waals surface area (Å²) in [5.41, 5.74) is 0.435. The predicted octanol–water partition coefficient (Wildman–Crippen LogP) is 4.23. The van der Waals surface area contributed by atoms with Crippen molar-refractivity contribution >= 4 is 39.7 Å². The molecular formula is C19H12ClF3N6O. The molecule has 1 fully saturated rings. The van der Waals surface area contributed by atoms with Crippen LogP contribution in [-0.4, -0.2) is 36.6 Å². The first-order valence-corrected chi connectivity index (χ1v) is 9.32. The Bertz CT molecular complexity index is 1310. The second-order valence-electron chi connectivity index (χ2n) is 6.91. The first kappa shape index (κ1) is 18.7. The van der Waals surface area contributed by atoms with Crippen molar-refractivity contribution in [1.82, 2.24) is 24.6 Å². The molecule has 0 bridgehead atoms. The van der Waals surface area contributed by atoms with Crippen molar-refractivity contribution in [3.05, 3.63) is 47.5 Å². The van der Waals surface area contributed by atoms with Gasteiger partial charge in [-0.05, 0) is 24.6 Å². The minimum absolute atomic E-state index is 0.104. The molecule has 1 amide bonds. The Kier molecular flexibility index (Phi) is 4.31. The molecule has 11 heteroatoms. The number of fused-ring (bicyclic) bond motifs is 2. The number of amides is 1. The molecule has 4 aromatic heterocycles. The average Bonchev–Trinajstić information content (AvgIpc) is 3.30.